The van der Waals surface area contributed by atoms with Crippen molar-refractivity contribution in [3.8, 4) is 11.1 Å². The summed E-state index contributed by atoms with van der Waals surface area (Å²) in [5.74, 6) is -1.06. The van der Waals surface area contributed by atoms with Crippen LogP contribution in [0.25, 0.3) is 11.1 Å². The van der Waals surface area contributed by atoms with Gasteiger partial charge in [0.05, 0.1) is 0 Å². The molecule has 3 heteroatoms. The van der Waals surface area contributed by atoms with Crippen LogP contribution < -0.4 is 5.32 Å². The highest BCUT2D eigenvalue weighted by atomic mass is 19.1. The van der Waals surface area contributed by atoms with Gasteiger partial charge in [-0.3, -0.25) is 0 Å². The number of hydrogen-bond acceptors (Lipinski definition) is 1. The zero-order chi connectivity index (χ0) is 14.1. The molecule has 1 aliphatic carbocycles. The van der Waals surface area contributed by atoms with Crippen molar-refractivity contribution in [1.82, 2.24) is 5.32 Å². The van der Waals surface area contributed by atoms with E-state index in [1.807, 2.05) is 19.1 Å². The van der Waals surface area contributed by atoms with Gasteiger partial charge in [0.2, 0.25) is 0 Å². The largest absolute Gasteiger partial charge is 0.310 e. The van der Waals surface area contributed by atoms with Gasteiger partial charge in [-0.1, -0.05) is 18.2 Å². The maximum absolute atomic E-state index is 13.8. The number of halogens is 2. The van der Waals surface area contributed by atoms with E-state index < -0.39 is 11.6 Å². The standard InChI is InChI=1S/C17H17F2N/c1-11-8-12(10-20-14-4-5-14)2-6-15(11)16-7-3-13(18)9-17(16)19/h2-3,6-9,14,20H,4-5,10H2,1H3. The average molecular weight is 273 g/mol. The monoisotopic (exact) mass is 273 g/mol. The maximum Gasteiger partial charge on any atom is 0.133 e. The van der Waals surface area contributed by atoms with Crippen LogP contribution in [0.15, 0.2) is 36.4 Å². The van der Waals surface area contributed by atoms with E-state index in [9.17, 15) is 8.78 Å². The summed E-state index contributed by atoms with van der Waals surface area (Å²) in [6.07, 6.45) is 2.52. The van der Waals surface area contributed by atoms with Crippen LogP contribution in [0, 0.1) is 18.6 Å². The second-order valence-corrected chi connectivity index (χ2v) is 5.43. The van der Waals surface area contributed by atoms with Crippen molar-refractivity contribution in [2.45, 2.75) is 32.4 Å². The van der Waals surface area contributed by atoms with Crippen molar-refractivity contribution >= 4 is 0 Å². The highest BCUT2D eigenvalue weighted by Crippen LogP contribution is 2.27. The third-order valence-corrected chi connectivity index (χ3v) is 3.68. The van der Waals surface area contributed by atoms with Gasteiger partial charge in [0.15, 0.2) is 0 Å². The SMILES string of the molecule is Cc1cc(CNC2CC2)ccc1-c1ccc(F)cc1F. The molecule has 104 valence electrons. The van der Waals surface area contributed by atoms with E-state index in [2.05, 4.69) is 11.4 Å². The third-order valence-electron chi connectivity index (χ3n) is 3.68. The van der Waals surface area contributed by atoms with Crippen molar-refractivity contribution in [2.24, 2.45) is 0 Å². The van der Waals surface area contributed by atoms with Gasteiger partial charge in [0.1, 0.15) is 11.6 Å². The van der Waals surface area contributed by atoms with E-state index in [1.165, 1.54) is 30.5 Å². The molecule has 0 radical (unpaired) electrons. The Morgan fingerprint density at radius 3 is 2.45 bits per heavy atom. The molecule has 1 nitrogen and oxygen atoms in total. The molecule has 1 aliphatic rings. The van der Waals surface area contributed by atoms with Crippen LogP contribution in [0.4, 0.5) is 8.78 Å². The summed E-state index contributed by atoms with van der Waals surface area (Å²) in [4.78, 5) is 0. The lowest BCUT2D eigenvalue weighted by Gasteiger charge is -2.10. The van der Waals surface area contributed by atoms with Crippen LogP contribution in [-0.4, -0.2) is 6.04 Å². The first kappa shape index (κ1) is 13.3. The topological polar surface area (TPSA) is 12.0 Å². The molecule has 20 heavy (non-hydrogen) atoms. The second-order valence-electron chi connectivity index (χ2n) is 5.43. The number of nitrogens with one attached hydrogen (secondary N) is 1. The molecule has 1 fully saturated rings. The Kier molecular flexibility index (Phi) is 3.53. The van der Waals surface area contributed by atoms with Gasteiger partial charge < -0.3 is 5.32 Å². The van der Waals surface area contributed by atoms with Crippen LogP contribution >= 0.6 is 0 Å². The highest BCUT2D eigenvalue weighted by molar-refractivity contribution is 5.68. The molecule has 2 aromatic carbocycles. The summed E-state index contributed by atoms with van der Waals surface area (Å²) < 4.78 is 26.8. The summed E-state index contributed by atoms with van der Waals surface area (Å²) >= 11 is 0. The maximum atomic E-state index is 13.8. The first-order valence-corrected chi connectivity index (χ1v) is 6.92. The molecular formula is C17H17F2N. The molecular weight excluding hydrogens is 256 g/mol. The molecule has 0 saturated heterocycles. The molecule has 0 heterocycles. The predicted molar refractivity (Wildman–Crippen MR) is 76.4 cm³/mol. The van der Waals surface area contributed by atoms with E-state index in [4.69, 9.17) is 0 Å². The van der Waals surface area contributed by atoms with Crippen LogP contribution in [0.3, 0.4) is 0 Å². The third kappa shape index (κ3) is 2.88. The van der Waals surface area contributed by atoms with E-state index in [1.54, 1.807) is 0 Å². The van der Waals surface area contributed by atoms with Gasteiger partial charge in [-0.05, 0) is 48.6 Å². The smallest absolute Gasteiger partial charge is 0.133 e. The number of hydrogen-bond donors (Lipinski definition) is 1. The number of rotatable bonds is 4. The van der Waals surface area contributed by atoms with Crippen molar-refractivity contribution < 1.29 is 8.78 Å². The molecule has 0 unspecified atom stereocenters. The van der Waals surface area contributed by atoms with Crippen molar-refractivity contribution in [3.05, 3.63) is 59.2 Å². The van der Waals surface area contributed by atoms with Crippen molar-refractivity contribution in [3.63, 3.8) is 0 Å². The molecule has 0 atom stereocenters. The fourth-order valence-corrected chi connectivity index (χ4v) is 2.40. The van der Waals surface area contributed by atoms with Crippen LogP contribution in [0.1, 0.15) is 24.0 Å². The highest BCUT2D eigenvalue weighted by Gasteiger charge is 2.20. The summed E-state index contributed by atoms with van der Waals surface area (Å²) in [7, 11) is 0. The first-order valence-electron chi connectivity index (χ1n) is 6.92. The van der Waals surface area contributed by atoms with Crippen molar-refractivity contribution in [1.29, 1.82) is 0 Å². The molecule has 0 bridgehead atoms. The van der Waals surface area contributed by atoms with Gasteiger partial charge in [-0.2, -0.15) is 0 Å². The van der Waals surface area contributed by atoms with Crippen molar-refractivity contribution in [2.75, 3.05) is 0 Å². The van der Waals surface area contributed by atoms with Gasteiger partial charge >= 0.3 is 0 Å². The summed E-state index contributed by atoms with van der Waals surface area (Å²) in [5.41, 5.74) is 3.47. The Bertz CT molecular complexity index is 633. The normalized spacial score (nSPS) is 14.6. The van der Waals surface area contributed by atoms with E-state index in [0.29, 0.717) is 11.6 Å². The van der Waals surface area contributed by atoms with Crippen LogP contribution in [-0.2, 0) is 6.54 Å². The molecule has 0 aromatic heterocycles. The minimum absolute atomic E-state index is 0.450. The van der Waals surface area contributed by atoms with E-state index in [0.717, 1.165) is 23.7 Å². The van der Waals surface area contributed by atoms with Gasteiger partial charge in [0, 0.05) is 24.2 Å². The van der Waals surface area contributed by atoms with Crippen LogP contribution in [0.5, 0.6) is 0 Å². The fourth-order valence-electron chi connectivity index (χ4n) is 2.40. The lowest BCUT2D eigenvalue weighted by Crippen LogP contribution is -2.15. The quantitative estimate of drug-likeness (QED) is 0.880. The molecule has 0 spiro atoms. The number of aryl methyl sites for hydroxylation is 1. The van der Waals surface area contributed by atoms with Gasteiger partial charge in [-0.15, -0.1) is 0 Å². The second kappa shape index (κ2) is 5.33. The Morgan fingerprint density at radius 2 is 1.80 bits per heavy atom. The minimum atomic E-state index is -0.547. The molecule has 3 rings (SSSR count). The molecule has 0 amide bonds. The van der Waals surface area contributed by atoms with Gasteiger partial charge in [0.25, 0.3) is 0 Å². The average Bonchev–Trinajstić information content (AvgIpc) is 3.22. The number of benzene rings is 2. The van der Waals surface area contributed by atoms with Crippen LogP contribution in [0.2, 0.25) is 0 Å². The lowest BCUT2D eigenvalue weighted by molar-refractivity contribution is 0.585. The predicted octanol–water partition coefficient (Wildman–Crippen LogP) is 4.19. The zero-order valence-electron chi connectivity index (χ0n) is 11.4. The molecule has 1 saturated carbocycles. The summed E-state index contributed by atoms with van der Waals surface area (Å²) in [5, 5.41) is 3.45. The molecule has 2 aromatic rings. The summed E-state index contributed by atoms with van der Waals surface area (Å²) in [6.45, 7) is 2.80. The van der Waals surface area contributed by atoms with E-state index in [-0.39, 0.29) is 0 Å². The zero-order valence-corrected chi connectivity index (χ0v) is 11.4. The Morgan fingerprint density at radius 1 is 1.05 bits per heavy atom. The fraction of sp³-hybridized carbons (Fsp3) is 0.294. The Labute approximate surface area is 117 Å². The summed E-state index contributed by atoms with van der Waals surface area (Å²) in [6, 6.07) is 10.4. The molecule has 1 N–H and O–H groups in total. The minimum Gasteiger partial charge on any atom is -0.310 e. The molecule has 0 aliphatic heterocycles. The lowest BCUT2D eigenvalue weighted by atomic mass is 9.98. The van der Waals surface area contributed by atoms with E-state index >= 15 is 0 Å². The Hall–Kier alpha value is -1.74. The first-order chi connectivity index (χ1) is 9.63. The van der Waals surface area contributed by atoms with Gasteiger partial charge in [-0.25, -0.2) is 8.78 Å². The Balaban J connectivity index is 1.85.